The second-order valence-corrected chi connectivity index (χ2v) is 6.90. The van der Waals surface area contributed by atoms with Crippen LogP contribution >= 0.6 is 27.5 Å². The van der Waals surface area contributed by atoms with Gasteiger partial charge < -0.3 is 4.57 Å². The third-order valence-electron chi connectivity index (χ3n) is 4.20. The highest BCUT2D eigenvalue weighted by Gasteiger charge is 2.34. The molecule has 6 nitrogen and oxygen atoms in total. The molecule has 0 saturated heterocycles. The van der Waals surface area contributed by atoms with Crippen molar-refractivity contribution in [2.24, 2.45) is 0 Å². The van der Waals surface area contributed by atoms with Crippen LogP contribution in [0.5, 0.6) is 0 Å². The number of aryl methyl sites for hydroxylation is 1. The molecule has 3 heterocycles. The average Bonchev–Trinajstić information content (AvgIpc) is 3.04. The van der Waals surface area contributed by atoms with Gasteiger partial charge in [0.2, 0.25) is 5.28 Å². The van der Waals surface area contributed by atoms with Crippen molar-refractivity contribution >= 4 is 50.4 Å². The second-order valence-electron chi connectivity index (χ2n) is 5.71. The number of imide groups is 1. The van der Waals surface area contributed by atoms with Gasteiger partial charge in [0.1, 0.15) is 5.65 Å². The zero-order chi connectivity index (χ0) is 17.6. The molecule has 4 rings (SSSR count). The van der Waals surface area contributed by atoms with E-state index >= 15 is 0 Å². The van der Waals surface area contributed by atoms with Crippen molar-refractivity contribution in [2.45, 2.75) is 13.0 Å². The lowest BCUT2D eigenvalue weighted by atomic mass is 10.1. The topological polar surface area (TPSA) is 68.1 Å². The molecule has 0 radical (unpaired) electrons. The molecule has 2 aromatic heterocycles. The summed E-state index contributed by atoms with van der Waals surface area (Å²) in [6, 6.07) is 6.90. The van der Waals surface area contributed by atoms with Crippen LogP contribution in [-0.4, -0.2) is 37.8 Å². The highest BCUT2D eigenvalue weighted by atomic mass is 79.9. The summed E-state index contributed by atoms with van der Waals surface area (Å²) in [6.07, 6.45) is 4.18. The number of halogens is 2. The van der Waals surface area contributed by atoms with E-state index in [-0.39, 0.29) is 17.1 Å². The maximum atomic E-state index is 12.4. The lowest BCUT2D eigenvalue weighted by Crippen LogP contribution is -2.31. The SMILES string of the molecule is O=C1c2ccccc2C(=O)N1CCCn1cc(Br)c2cnc(Cl)nc21. The molecule has 0 fully saturated rings. The van der Waals surface area contributed by atoms with E-state index in [2.05, 4.69) is 25.9 Å². The van der Waals surface area contributed by atoms with E-state index in [0.717, 1.165) is 9.86 Å². The largest absolute Gasteiger partial charge is 0.331 e. The summed E-state index contributed by atoms with van der Waals surface area (Å²) >= 11 is 9.36. The maximum Gasteiger partial charge on any atom is 0.261 e. The first kappa shape index (κ1) is 16.2. The van der Waals surface area contributed by atoms with Crippen molar-refractivity contribution in [2.75, 3.05) is 6.54 Å². The lowest BCUT2D eigenvalue weighted by Gasteiger charge is -2.14. The van der Waals surface area contributed by atoms with Gasteiger partial charge in [0, 0.05) is 30.0 Å². The Morgan fingerprint density at radius 2 is 1.76 bits per heavy atom. The van der Waals surface area contributed by atoms with Gasteiger partial charge in [0.15, 0.2) is 0 Å². The molecule has 0 aliphatic carbocycles. The number of nitrogens with zero attached hydrogens (tertiary/aromatic N) is 4. The van der Waals surface area contributed by atoms with E-state index in [1.807, 2.05) is 10.8 Å². The second kappa shape index (κ2) is 6.24. The molecule has 1 aliphatic heterocycles. The number of benzene rings is 1. The Balaban J connectivity index is 1.50. The summed E-state index contributed by atoms with van der Waals surface area (Å²) in [6.45, 7) is 0.950. The van der Waals surface area contributed by atoms with Gasteiger partial charge in [-0.05, 0) is 46.1 Å². The molecule has 3 aromatic rings. The average molecular weight is 420 g/mol. The molecule has 1 aromatic carbocycles. The van der Waals surface area contributed by atoms with Crippen LogP contribution in [0.15, 0.2) is 41.1 Å². The van der Waals surface area contributed by atoms with E-state index in [4.69, 9.17) is 11.6 Å². The number of fused-ring (bicyclic) bond motifs is 2. The number of rotatable bonds is 4. The Bertz CT molecular complexity index is 982. The zero-order valence-electron chi connectivity index (χ0n) is 12.9. The molecule has 2 amide bonds. The Morgan fingerprint density at radius 1 is 1.08 bits per heavy atom. The normalized spacial score (nSPS) is 13.8. The summed E-state index contributed by atoms with van der Waals surface area (Å²) in [7, 11) is 0. The van der Waals surface area contributed by atoms with Gasteiger partial charge in [0.05, 0.1) is 16.5 Å². The molecule has 0 saturated carbocycles. The third-order valence-corrected chi connectivity index (χ3v) is 5.01. The molecular weight excluding hydrogens is 408 g/mol. The number of carbonyl (C=O) groups excluding carboxylic acids is 2. The van der Waals surface area contributed by atoms with Crippen molar-refractivity contribution < 1.29 is 9.59 Å². The first-order valence-corrected chi connectivity index (χ1v) is 8.85. The molecule has 1 aliphatic rings. The molecule has 8 heteroatoms. The number of hydrogen-bond acceptors (Lipinski definition) is 4. The van der Waals surface area contributed by atoms with Gasteiger partial charge in [-0.15, -0.1) is 0 Å². The molecule has 0 spiro atoms. The third kappa shape index (κ3) is 2.73. The van der Waals surface area contributed by atoms with Crippen LogP contribution in [0.3, 0.4) is 0 Å². The minimum absolute atomic E-state index is 0.180. The Morgan fingerprint density at radius 3 is 2.44 bits per heavy atom. The Kier molecular flexibility index (Phi) is 4.05. The Labute approximate surface area is 156 Å². The van der Waals surface area contributed by atoms with Crippen LogP contribution in [0.4, 0.5) is 0 Å². The standard InChI is InChI=1S/C17H12BrClN4O2/c18-13-9-22(14-12(13)8-20-17(19)21-14)6-3-7-23-15(24)10-4-1-2-5-11(10)16(23)25/h1-2,4-5,8-9H,3,6-7H2. The van der Waals surface area contributed by atoms with Crippen LogP contribution in [0.1, 0.15) is 27.1 Å². The monoisotopic (exact) mass is 418 g/mol. The summed E-state index contributed by atoms with van der Waals surface area (Å²) in [5, 5.41) is 1.05. The van der Waals surface area contributed by atoms with Gasteiger partial charge in [-0.2, -0.15) is 4.98 Å². The highest BCUT2D eigenvalue weighted by Crippen LogP contribution is 2.26. The van der Waals surface area contributed by atoms with Gasteiger partial charge in [0.25, 0.3) is 11.8 Å². The number of hydrogen-bond donors (Lipinski definition) is 0. The predicted molar refractivity (Wildman–Crippen MR) is 96.7 cm³/mol. The summed E-state index contributed by atoms with van der Waals surface area (Å²) in [4.78, 5) is 34.3. The van der Waals surface area contributed by atoms with Crippen molar-refractivity contribution in [1.82, 2.24) is 19.4 Å². The van der Waals surface area contributed by atoms with E-state index < -0.39 is 0 Å². The fourth-order valence-electron chi connectivity index (χ4n) is 3.02. The summed E-state index contributed by atoms with van der Waals surface area (Å²) in [5.74, 6) is -0.464. The predicted octanol–water partition coefficient (Wildman–Crippen LogP) is 3.53. The van der Waals surface area contributed by atoms with Crippen LogP contribution in [-0.2, 0) is 6.54 Å². The van der Waals surface area contributed by atoms with Crippen molar-refractivity contribution in [3.63, 3.8) is 0 Å². The molecule has 0 N–H and O–H groups in total. The van der Waals surface area contributed by atoms with Crippen LogP contribution in [0, 0.1) is 0 Å². The van der Waals surface area contributed by atoms with Crippen molar-refractivity contribution in [3.05, 3.63) is 57.5 Å². The molecule has 25 heavy (non-hydrogen) atoms. The first-order chi connectivity index (χ1) is 12.1. The van der Waals surface area contributed by atoms with E-state index in [9.17, 15) is 9.59 Å². The number of amides is 2. The molecule has 0 atom stereocenters. The first-order valence-electron chi connectivity index (χ1n) is 7.68. The lowest BCUT2D eigenvalue weighted by molar-refractivity contribution is 0.0651. The number of aromatic nitrogens is 3. The molecule has 126 valence electrons. The van der Waals surface area contributed by atoms with Crippen molar-refractivity contribution in [1.29, 1.82) is 0 Å². The van der Waals surface area contributed by atoms with Gasteiger partial charge >= 0.3 is 0 Å². The van der Waals surface area contributed by atoms with Gasteiger partial charge in [-0.1, -0.05) is 12.1 Å². The highest BCUT2D eigenvalue weighted by molar-refractivity contribution is 9.10. The van der Waals surface area contributed by atoms with Gasteiger partial charge in [-0.3, -0.25) is 14.5 Å². The molecule has 0 unspecified atom stereocenters. The molecular formula is C17H12BrClN4O2. The molecule has 0 bridgehead atoms. The fraction of sp³-hybridized carbons (Fsp3) is 0.176. The van der Waals surface area contributed by atoms with Crippen LogP contribution < -0.4 is 0 Å². The fourth-order valence-corrected chi connectivity index (χ4v) is 3.67. The van der Waals surface area contributed by atoms with Crippen molar-refractivity contribution in [3.8, 4) is 0 Å². The van der Waals surface area contributed by atoms with Crippen LogP contribution in [0.2, 0.25) is 5.28 Å². The van der Waals surface area contributed by atoms with Crippen LogP contribution in [0.25, 0.3) is 11.0 Å². The summed E-state index contributed by atoms with van der Waals surface area (Å²) in [5.41, 5.74) is 1.66. The summed E-state index contributed by atoms with van der Waals surface area (Å²) < 4.78 is 2.81. The smallest absolute Gasteiger partial charge is 0.261 e. The van der Waals surface area contributed by atoms with E-state index in [0.29, 0.717) is 36.3 Å². The zero-order valence-corrected chi connectivity index (χ0v) is 15.3. The quantitative estimate of drug-likeness (QED) is 0.479. The maximum absolute atomic E-state index is 12.4. The van der Waals surface area contributed by atoms with E-state index in [1.165, 1.54) is 4.90 Å². The van der Waals surface area contributed by atoms with Gasteiger partial charge in [-0.25, -0.2) is 4.98 Å². The number of carbonyl (C=O) groups is 2. The minimum Gasteiger partial charge on any atom is -0.331 e. The van der Waals surface area contributed by atoms with E-state index in [1.54, 1.807) is 30.5 Å². The Hall–Kier alpha value is -2.25. The minimum atomic E-state index is -0.232.